The predicted octanol–water partition coefficient (Wildman–Crippen LogP) is 2.83. The number of hydrogen-bond donors (Lipinski definition) is 2. The average molecular weight is 230 g/mol. The Morgan fingerprint density at radius 1 is 1.24 bits per heavy atom. The van der Waals surface area contributed by atoms with Gasteiger partial charge in [-0.15, -0.1) is 0 Å². The first-order valence-corrected chi connectivity index (χ1v) is 6.07. The molecule has 2 rings (SSSR count). The Hall–Kier alpha value is -1.61. The van der Waals surface area contributed by atoms with Gasteiger partial charge in [0.05, 0.1) is 5.69 Å². The number of aryl methyl sites for hydroxylation is 1. The molecule has 0 saturated carbocycles. The van der Waals surface area contributed by atoms with Crippen LogP contribution < -0.4 is 0 Å². The highest BCUT2D eigenvalue weighted by atomic mass is 16.3. The first-order valence-electron chi connectivity index (χ1n) is 6.07. The van der Waals surface area contributed by atoms with E-state index in [2.05, 4.69) is 29.3 Å². The molecule has 0 bridgehead atoms. The molecule has 1 atom stereocenters. The number of aliphatic hydroxyl groups excluding tert-OH is 1. The van der Waals surface area contributed by atoms with Gasteiger partial charge < -0.3 is 5.11 Å². The summed E-state index contributed by atoms with van der Waals surface area (Å²) in [4.78, 5) is 0. The number of nitrogens with one attached hydrogen (secondary N) is 1. The lowest BCUT2D eigenvalue weighted by Crippen LogP contribution is -2.00. The minimum atomic E-state index is -0.613. The Kier molecular flexibility index (Phi) is 3.94. The van der Waals surface area contributed by atoms with Gasteiger partial charge in [-0.1, -0.05) is 37.6 Å². The van der Waals surface area contributed by atoms with Gasteiger partial charge in [-0.05, 0) is 30.0 Å². The van der Waals surface area contributed by atoms with Crippen LogP contribution in [0.4, 0.5) is 0 Å². The number of unbranched alkanes of at least 4 members (excludes halogenated alkanes) is 1. The van der Waals surface area contributed by atoms with E-state index in [1.54, 1.807) is 12.3 Å². The van der Waals surface area contributed by atoms with E-state index in [4.69, 9.17) is 0 Å². The van der Waals surface area contributed by atoms with Crippen LogP contribution in [0, 0.1) is 0 Å². The summed E-state index contributed by atoms with van der Waals surface area (Å²) < 4.78 is 0. The average Bonchev–Trinajstić information content (AvgIpc) is 2.90. The molecule has 3 heteroatoms. The summed E-state index contributed by atoms with van der Waals surface area (Å²) in [5, 5.41) is 16.7. The first-order chi connectivity index (χ1) is 8.31. The van der Waals surface area contributed by atoms with Gasteiger partial charge in [0.15, 0.2) is 0 Å². The van der Waals surface area contributed by atoms with E-state index in [-0.39, 0.29) is 0 Å². The molecule has 3 nitrogen and oxygen atoms in total. The molecule has 0 spiro atoms. The minimum absolute atomic E-state index is 0.613. The summed E-state index contributed by atoms with van der Waals surface area (Å²) in [5.41, 5.74) is 2.95. The van der Waals surface area contributed by atoms with Crippen LogP contribution in [0.5, 0.6) is 0 Å². The van der Waals surface area contributed by atoms with Crippen LogP contribution >= 0.6 is 0 Å². The van der Waals surface area contributed by atoms with Crippen molar-refractivity contribution in [1.29, 1.82) is 0 Å². The lowest BCUT2D eigenvalue weighted by molar-refractivity contribution is 0.215. The van der Waals surface area contributed by atoms with Crippen LogP contribution in [0.25, 0.3) is 0 Å². The van der Waals surface area contributed by atoms with E-state index >= 15 is 0 Å². The molecule has 1 heterocycles. The topological polar surface area (TPSA) is 48.9 Å². The van der Waals surface area contributed by atoms with Crippen LogP contribution in [0.3, 0.4) is 0 Å². The van der Waals surface area contributed by atoms with E-state index in [0.717, 1.165) is 17.7 Å². The Morgan fingerprint density at radius 3 is 2.59 bits per heavy atom. The summed E-state index contributed by atoms with van der Waals surface area (Å²) in [6, 6.07) is 9.93. The van der Waals surface area contributed by atoms with Crippen molar-refractivity contribution in [3.63, 3.8) is 0 Å². The minimum Gasteiger partial charge on any atom is -0.382 e. The molecule has 0 saturated heterocycles. The SMILES string of the molecule is CCCCc1ccc(C(O)c2ccn[nH]2)cc1. The second kappa shape index (κ2) is 5.64. The van der Waals surface area contributed by atoms with Gasteiger partial charge in [-0.2, -0.15) is 5.10 Å². The van der Waals surface area contributed by atoms with E-state index in [0.29, 0.717) is 0 Å². The van der Waals surface area contributed by atoms with Crippen LogP contribution in [-0.4, -0.2) is 15.3 Å². The maximum absolute atomic E-state index is 10.1. The highest BCUT2D eigenvalue weighted by molar-refractivity contribution is 5.28. The second-order valence-corrected chi connectivity index (χ2v) is 4.26. The summed E-state index contributed by atoms with van der Waals surface area (Å²) in [5.74, 6) is 0. The summed E-state index contributed by atoms with van der Waals surface area (Å²) in [7, 11) is 0. The van der Waals surface area contributed by atoms with Crippen molar-refractivity contribution in [3.05, 3.63) is 53.3 Å². The molecule has 1 unspecified atom stereocenters. The van der Waals surface area contributed by atoms with E-state index in [1.165, 1.54) is 18.4 Å². The highest BCUT2D eigenvalue weighted by Gasteiger charge is 2.10. The van der Waals surface area contributed by atoms with Crippen molar-refractivity contribution in [2.45, 2.75) is 32.3 Å². The highest BCUT2D eigenvalue weighted by Crippen LogP contribution is 2.20. The van der Waals surface area contributed by atoms with E-state index < -0.39 is 6.10 Å². The number of rotatable bonds is 5. The van der Waals surface area contributed by atoms with Crippen molar-refractivity contribution < 1.29 is 5.11 Å². The molecule has 0 amide bonds. The van der Waals surface area contributed by atoms with Crippen LogP contribution in [0.2, 0.25) is 0 Å². The third-order valence-corrected chi connectivity index (χ3v) is 2.93. The van der Waals surface area contributed by atoms with Gasteiger partial charge in [0, 0.05) is 6.20 Å². The molecule has 2 aromatic rings. The third kappa shape index (κ3) is 2.94. The lowest BCUT2D eigenvalue weighted by atomic mass is 10.0. The van der Waals surface area contributed by atoms with Crippen molar-refractivity contribution in [2.24, 2.45) is 0 Å². The number of aromatic amines is 1. The maximum atomic E-state index is 10.1. The number of nitrogens with zero attached hydrogens (tertiary/aromatic N) is 1. The zero-order valence-electron chi connectivity index (χ0n) is 10.1. The van der Waals surface area contributed by atoms with Gasteiger partial charge in [0.1, 0.15) is 6.10 Å². The Morgan fingerprint density at radius 2 is 2.00 bits per heavy atom. The molecule has 90 valence electrons. The summed E-state index contributed by atoms with van der Waals surface area (Å²) in [6.45, 7) is 2.19. The predicted molar refractivity (Wildman–Crippen MR) is 67.7 cm³/mol. The Labute approximate surface area is 102 Å². The van der Waals surface area contributed by atoms with Gasteiger partial charge in [0.25, 0.3) is 0 Å². The number of aliphatic hydroxyl groups is 1. The molecule has 0 radical (unpaired) electrons. The lowest BCUT2D eigenvalue weighted by Gasteiger charge is -2.09. The number of aromatic nitrogens is 2. The van der Waals surface area contributed by atoms with Crippen molar-refractivity contribution >= 4 is 0 Å². The van der Waals surface area contributed by atoms with E-state index in [1.807, 2.05) is 12.1 Å². The van der Waals surface area contributed by atoms with Crippen LogP contribution in [0.15, 0.2) is 36.5 Å². The summed E-state index contributed by atoms with van der Waals surface area (Å²) in [6.07, 6.45) is 4.56. The fraction of sp³-hybridized carbons (Fsp3) is 0.357. The Bertz CT molecular complexity index is 434. The van der Waals surface area contributed by atoms with Crippen LogP contribution in [-0.2, 0) is 6.42 Å². The van der Waals surface area contributed by atoms with Gasteiger partial charge >= 0.3 is 0 Å². The normalized spacial score (nSPS) is 12.6. The molecular weight excluding hydrogens is 212 g/mol. The monoisotopic (exact) mass is 230 g/mol. The molecule has 1 aromatic heterocycles. The molecule has 0 aliphatic rings. The van der Waals surface area contributed by atoms with Crippen molar-refractivity contribution in [1.82, 2.24) is 10.2 Å². The molecule has 0 fully saturated rings. The van der Waals surface area contributed by atoms with Crippen molar-refractivity contribution in [2.75, 3.05) is 0 Å². The second-order valence-electron chi connectivity index (χ2n) is 4.26. The van der Waals surface area contributed by atoms with E-state index in [9.17, 15) is 5.11 Å². The smallest absolute Gasteiger partial charge is 0.120 e. The van der Waals surface area contributed by atoms with Crippen molar-refractivity contribution in [3.8, 4) is 0 Å². The first kappa shape index (κ1) is 11.9. The molecule has 0 aliphatic heterocycles. The molecule has 17 heavy (non-hydrogen) atoms. The maximum Gasteiger partial charge on any atom is 0.120 e. The molecule has 2 N–H and O–H groups in total. The molecule has 0 aliphatic carbocycles. The fourth-order valence-corrected chi connectivity index (χ4v) is 1.85. The standard InChI is InChI=1S/C14H18N2O/c1-2-3-4-11-5-7-12(8-6-11)14(17)13-9-10-15-16-13/h5-10,14,17H,2-4H2,1H3,(H,15,16). The van der Waals surface area contributed by atoms with Gasteiger partial charge in [-0.3, -0.25) is 5.10 Å². The zero-order chi connectivity index (χ0) is 12.1. The number of hydrogen-bond acceptors (Lipinski definition) is 2. The zero-order valence-corrected chi connectivity index (χ0v) is 10.1. The molecule has 1 aromatic carbocycles. The Balaban J connectivity index is 2.07. The number of benzene rings is 1. The third-order valence-electron chi connectivity index (χ3n) is 2.93. The van der Waals surface area contributed by atoms with Gasteiger partial charge in [-0.25, -0.2) is 0 Å². The molecular formula is C14H18N2O. The van der Waals surface area contributed by atoms with Crippen LogP contribution in [0.1, 0.15) is 42.7 Å². The quantitative estimate of drug-likeness (QED) is 0.829. The summed E-state index contributed by atoms with van der Waals surface area (Å²) >= 11 is 0. The van der Waals surface area contributed by atoms with Gasteiger partial charge in [0.2, 0.25) is 0 Å². The fourth-order valence-electron chi connectivity index (χ4n) is 1.85. The largest absolute Gasteiger partial charge is 0.382 e. The number of H-pyrrole nitrogens is 1.